The molecule has 0 amide bonds. The summed E-state index contributed by atoms with van der Waals surface area (Å²) < 4.78 is 8.05. The van der Waals surface area contributed by atoms with E-state index in [1.54, 1.807) is 0 Å². The van der Waals surface area contributed by atoms with Crippen LogP contribution in [-0.2, 0) is 13.6 Å². The fourth-order valence-electron chi connectivity index (χ4n) is 3.76. The van der Waals surface area contributed by atoms with Gasteiger partial charge in [0.25, 0.3) is 0 Å². The molecule has 32 heavy (non-hydrogen) atoms. The van der Waals surface area contributed by atoms with Gasteiger partial charge in [-0.3, -0.25) is 4.98 Å². The summed E-state index contributed by atoms with van der Waals surface area (Å²) in [7, 11) is 2.02. The number of nitrogens with one attached hydrogen (secondary N) is 1. The molecule has 0 atom stereocenters. The summed E-state index contributed by atoms with van der Waals surface area (Å²) >= 11 is 0. The zero-order valence-corrected chi connectivity index (χ0v) is 18.1. The van der Waals surface area contributed by atoms with Crippen LogP contribution in [-0.4, -0.2) is 14.5 Å². The van der Waals surface area contributed by atoms with Gasteiger partial charge in [-0.1, -0.05) is 60.2 Å². The summed E-state index contributed by atoms with van der Waals surface area (Å²) in [6.07, 6.45) is 1.83. The maximum atomic E-state index is 5.98. The van der Waals surface area contributed by atoms with E-state index in [1.165, 1.54) is 11.1 Å². The third kappa shape index (κ3) is 4.18. The molecule has 5 nitrogen and oxygen atoms in total. The Labute approximate surface area is 187 Å². The van der Waals surface area contributed by atoms with Crippen LogP contribution >= 0.6 is 0 Å². The van der Waals surface area contributed by atoms with E-state index >= 15 is 0 Å². The average molecular weight is 421 g/mol. The molecule has 5 aromatic rings. The molecule has 2 aromatic heterocycles. The number of pyridine rings is 1. The Morgan fingerprint density at radius 2 is 1.69 bits per heavy atom. The number of hydrogen-bond donors (Lipinski definition) is 1. The van der Waals surface area contributed by atoms with Crippen LogP contribution in [0.25, 0.3) is 22.3 Å². The molecule has 0 bridgehead atoms. The van der Waals surface area contributed by atoms with Crippen LogP contribution in [0, 0.1) is 6.92 Å². The zero-order chi connectivity index (χ0) is 21.9. The second-order valence-electron chi connectivity index (χ2n) is 7.84. The van der Waals surface area contributed by atoms with Gasteiger partial charge in [0.1, 0.15) is 17.0 Å². The molecule has 0 radical (unpaired) electrons. The topological polar surface area (TPSA) is 52.0 Å². The average Bonchev–Trinajstić information content (AvgIpc) is 3.13. The predicted molar refractivity (Wildman–Crippen MR) is 129 cm³/mol. The largest absolute Gasteiger partial charge is 0.457 e. The Hall–Kier alpha value is -4.12. The number of aromatic nitrogens is 3. The summed E-state index contributed by atoms with van der Waals surface area (Å²) in [6.45, 7) is 2.82. The van der Waals surface area contributed by atoms with Crippen LogP contribution in [0.15, 0.2) is 91.1 Å². The Morgan fingerprint density at radius 3 is 2.53 bits per heavy atom. The van der Waals surface area contributed by atoms with Crippen LogP contribution < -0.4 is 10.1 Å². The second kappa shape index (κ2) is 8.55. The molecular formula is C27H24N4O. The number of fused-ring (bicyclic) bond motifs is 1. The number of imidazole rings is 1. The molecular weight excluding hydrogens is 396 g/mol. The van der Waals surface area contributed by atoms with Gasteiger partial charge >= 0.3 is 0 Å². The highest BCUT2D eigenvalue weighted by molar-refractivity contribution is 5.82. The molecule has 0 unspecified atom stereocenters. The van der Waals surface area contributed by atoms with Crippen molar-refractivity contribution in [3.05, 3.63) is 102 Å². The number of rotatable bonds is 6. The number of hydrogen-bond acceptors (Lipinski definition) is 4. The maximum absolute atomic E-state index is 5.98. The van der Waals surface area contributed by atoms with Gasteiger partial charge in [0, 0.05) is 19.2 Å². The van der Waals surface area contributed by atoms with E-state index < -0.39 is 0 Å². The number of para-hydroxylation sites is 1. The first-order chi connectivity index (χ1) is 15.7. The molecule has 5 heteroatoms. The van der Waals surface area contributed by atoms with E-state index in [-0.39, 0.29) is 0 Å². The molecule has 5 rings (SSSR count). The number of anilines is 1. The molecule has 3 aromatic carbocycles. The second-order valence-corrected chi connectivity index (χ2v) is 7.84. The van der Waals surface area contributed by atoms with Crippen LogP contribution in [0.3, 0.4) is 0 Å². The highest BCUT2D eigenvalue weighted by Gasteiger charge is 2.11. The summed E-state index contributed by atoms with van der Waals surface area (Å²) in [5.41, 5.74) is 6.24. The van der Waals surface area contributed by atoms with Crippen molar-refractivity contribution < 1.29 is 4.74 Å². The Kier molecular flexibility index (Phi) is 5.30. The van der Waals surface area contributed by atoms with E-state index in [0.717, 1.165) is 46.3 Å². The molecule has 0 saturated carbocycles. The lowest BCUT2D eigenvalue weighted by molar-refractivity contribution is 0.483. The number of nitrogens with zero attached hydrogens (tertiary/aromatic N) is 3. The highest BCUT2D eigenvalue weighted by atomic mass is 16.5. The van der Waals surface area contributed by atoms with Crippen molar-refractivity contribution in [3.63, 3.8) is 0 Å². The van der Waals surface area contributed by atoms with Crippen molar-refractivity contribution in [1.82, 2.24) is 14.5 Å². The van der Waals surface area contributed by atoms with Crippen LogP contribution in [0.4, 0.5) is 5.95 Å². The predicted octanol–water partition coefficient (Wildman–Crippen LogP) is 6.35. The van der Waals surface area contributed by atoms with Gasteiger partial charge < -0.3 is 14.6 Å². The van der Waals surface area contributed by atoms with Gasteiger partial charge in [0.15, 0.2) is 0 Å². The molecule has 0 fully saturated rings. The Balaban J connectivity index is 1.40. The molecule has 0 spiro atoms. The first-order valence-electron chi connectivity index (χ1n) is 10.6. The van der Waals surface area contributed by atoms with Crippen LogP contribution in [0.2, 0.25) is 0 Å². The molecule has 0 aliphatic carbocycles. The van der Waals surface area contributed by atoms with Gasteiger partial charge in [-0.05, 0) is 42.8 Å². The van der Waals surface area contributed by atoms with Crippen LogP contribution in [0.5, 0.6) is 11.5 Å². The van der Waals surface area contributed by atoms with Crippen molar-refractivity contribution in [2.75, 3.05) is 5.32 Å². The molecule has 2 heterocycles. The van der Waals surface area contributed by atoms with Gasteiger partial charge in [0.2, 0.25) is 5.95 Å². The van der Waals surface area contributed by atoms with Crippen molar-refractivity contribution in [2.24, 2.45) is 7.05 Å². The SMILES string of the molecule is Cc1cccc(CNc2nc3cnc(-c4cccc(Oc5ccccc5)c4)cc3n2C)c1. The summed E-state index contributed by atoms with van der Waals surface area (Å²) in [5, 5.41) is 3.45. The van der Waals surface area contributed by atoms with E-state index in [4.69, 9.17) is 9.72 Å². The number of aryl methyl sites for hydroxylation is 2. The minimum Gasteiger partial charge on any atom is -0.457 e. The smallest absolute Gasteiger partial charge is 0.203 e. The summed E-state index contributed by atoms with van der Waals surface area (Å²) in [6, 6.07) is 28.3. The van der Waals surface area contributed by atoms with Crippen molar-refractivity contribution >= 4 is 17.0 Å². The number of benzene rings is 3. The maximum Gasteiger partial charge on any atom is 0.203 e. The standard InChI is InChI=1S/C27H24N4O/c1-19-8-6-9-20(14-19)17-29-27-30-25-18-28-24(16-26(25)31(27)2)21-10-7-13-23(15-21)32-22-11-4-3-5-12-22/h3-16,18H,17H2,1-2H3,(H,29,30). The fraction of sp³-hybridized carbons (Fsp3) is 0.111. The minimum atomic E-state index is 0.720. The Bertz CT molecular complexity index is 1380. The number of ether oxygens (including phenoxy) is 1. The Morgan fingerprint density at radius 1 is 0.875 bits per heavy atom. The van der Waals surface area contributed by atoms with Crippen molar-refractivity contribution in [1.29, 1.82) is 0 Å². The minimum absolute atomic E-state index is 0.720. The lowest BCUT2D eigenvalue weighted by Gasteiger charge is -2.08. The van der Waals surface area contributed by atoms with Gasteiger partial charge in [0.05, 0.1) is 17.4 Å². The van der Waals surface area contributed by atoms with E-state index in [2.05, 4.69) is 52.1 Å². The molecule has 0 aliphatic rings. The first-order valence-corrected chi connectivity index (χ1v) is 10.6. The zero-order valence-electron chi connectivity index (χ0n) is 18.1. The lowest BCUT2D eigenvalue weighted by Crippen LogP contribution is -2.05. The fourth-order valence-corrected chi connectivity index (χ4v) is 3.76. The molecule has 0 aliphatic heterocycles. The van der Waals surface area contributed by atoms with Crippen molar-refractivity contribution in [2.45, 2.75) is 13.5 Å². The van der Waals surface area contributed by atoms with Gasteiger partial charge in [-0.25, -0.2) is 4.98 Å². The van der Waals surface area contributed by atoms with E-state index in [9.17, 15) is 0 Å². The molecule has 1 N–H and O–H groups in total. The third-order valence-electron chi connectivity index (χ3n) is 5.41. The monoisotopic (exact) mass is 420 g/mol. The van der Waals surface area contributed by atoms with Gasteiger partial charge in [-0.15, -0.1) is 0 Å². The highest BCUT2D eigenvalue weighted by Crippen LogP contribution is 2.28. The quantitative estimate of drug-likeness (QED) is 0.348. The normalized spacial score (nSPS) is 10.9. The van der Waals surface area contributed by atoms with Gasteiger partial charge in [-0.2, -0.15) is 0 Å². The van der Waals surface area contributed by atoms with Crippen molar-refractivity contribution in [3.8, 4) is 22.8 Å². The molecule has 158 valence electrons. The first kappa shape index (κ1) is 19.8. The van der Waals surface area contributed by atoms with E-state index in [0.29, 0.717) is 0 Å². The summed E-state index contributed by atoms with van der Waals surface area (Å²) in [4.78, 5) is 9.37. The summed E-state index contributed by atoms with van der Waals surface area (Å²) in [5.74, 6) is 2.41. The van der Waals surface area contributed by atoms with Crippen LogP contribution in [0.1, 0.15) is 11.1 Å². The van der Waals surface area contributed by atoms with E-state index in [1.807, 2.05) is 67.8 Å². The lowest BCUT2D eigenvalue weighted by atomic mass is 10.1. The third-order valence-corrected chi connectivity index (χ3v) is 5.41. The molecule has 0 saturated heterocycles.